The molecule has 9 heteroatoms. The van der Waals surface area contributed by atoms with Gasteiger partial charge in [0, 0.05) is 16.6 Å². The maximum atomic E-state index is 12.5. The average molecular weight is 412 g/mol. The number of nitrogens with zero attached hydrogens (tertiary/aromatic N) is 1. The van der Waals surface area contributed by atoms with Gasteiger partial charge in [0.1, 0.15) is 5.69 Å². The number of rotatable bonds is 6. The van der Waals surface area contributed by atoms with Crippen LogP contribution in [-0.4, -0.2) is 18.9 Å². The van der Waals surface area contributed by atoms with Gasteiger partial charge in [0.2, 0.25) is 10.0 Å². The van der Waals surface area contributed by atoms with Gasteiger partial charge in [-0.05, 0) is 51.5 Å². The molecule has 0 spiro atoms. The van der Waals surface area contributed by atoms with Crippen LogP contribution in [0, 0.1) is 10.1 Å². The predicted octanol–water partition coefficient (Wildman–Crippen LogP) is 4.50. The van der Waals surface area contributed by atoms with Gasteiger partial charge in [-0.1, -0.05) is 29.8 Å². The van der Waals surface area contributed by atoms with Crippen molar-refractivity contribution in [2.75, 3.05) is 5.32 Å². The molecule has 2 aromatic carbocycles. The minimum atomic E-state index is -3.88. The first-order valence-corrected chi connectivity index (χ1v) is 10.1. The molecule has 2 rings (SSSR count). The van der Waals surface area contributed by atoms with E-state index in [-0.39, 0.29) is 22.3 Å². The van der Waals surface area contributed by atoms with E-state index >= 15 is 0 Å². The summed E-state index contributed by atoms with van der Waals surface area (Å²) in [4.78, 5) is 10.7. The summed E-state index contributed by atoms with van der Waals surface area (Å²) in [5, 5.41) is 15.1. The average Bonchev–Trinajstić information content (AvgIpc) is 2.52. The molecule has 0 aromatic heterocycles. The van der Waals surface area contributed by atoms with Gasteiger partial charge >= 0.3 is 0 Å². The fraction of sp³-hybridized carbons (Fsp3) is 0.333. The number of anilines is 1. The van der Waals surface area contributed by atoms with Crippen LogP contribution in [0.2, 0.25) is 5.02 Å². The van der Waals surface area contributed by atoms with Crippen molar-refractivity contribution < 1.29 is 13.3 Å². The Kier molecular flexibility index (Phi) is 6.14. The second-order valence-corrected chi connectivity index (χ2v) is 9.27. The molecule has 0 aliphatic rings. The van der Waals surface area contributed by atoms with Crippen molar-refractivity contribution in [1.29, 1.82) is 0 Å². The number of nitrogens with one attached hydrogen (secondary N) is 2. The lowest BCUT2D eigenvalue weighted by Crippen LogP contribution is -2.40. The largest absolute Gasteiger partial charge is 0.373 e. The third-order valence-electron chi connectivity index (χ3n) is 3.66. The van der Waals surface area contributed by atoms with Crippen LogP contribution in [-0.2, 0) is 10.0 Å². The highest BCUT2D eigenvalue weighted by Gasteiger charge is 2.26. The number of hydrogen-bond donors (Lipinski definition) is 2. The van der Waals surface area contributed by atoms with E-state index in [1.165, 1.54) is 12.1 Å². The van der Waals surface area contributed by atoms with Gasteiger partial charge in [-0.25, -0.2) is 13.1 Å². The molecule has 0 fully saturated rings. The molecule has 7 nitrogen and oxygen atoms in total. The van der Waals surface area contributed by atoms with Crippen LogP contribution in [0.5, 0.6) is 0 Å². The van der Waals surface area contributed by atoms with E-state index in [2.05, 4.69) is 10.0 Å². The summed E-state index contributed by atoms with van der Waals surface area (Å²) in [5.74, 6) is 0. The normalized spacial score (nSPS) is 13.2. The molecule has 146 valence electrons. The van der Waals surface area contributed by atoms with Crippen LogP contribution < -0.4 is 10.0 Å². The zero-order chi connectivity index (χ0) is 20.4. The SMILES string of the molecule is C[C@@H](Nc1ccc(S(=O)(=O)NC(C)(C)C)cc1[N+](=O)[O-])c1ccccc1Cl. The molecular weight excluding hydrogens is 390 g/mol. The number of sulfonamides is 1. The quantitative estimate of drug-likeness (QED) is 0.538. The van der Waals surface area contributed by atoms with Gasteiger partial charge in [0.05, 0.1) is 15.9 Å². The number of halogens is 1. The summed E-state index contributed by atoms with van der Waals surface area (Å²) in [6.45, 7) is 6.90. The third kappa shape index (κ3) is 5.41. The molecule has 0 unspecified atom stereocenters. The molecule has 0 amide bonds. The van der Waals surface area contributed by atoms with Gasteiger partial charge in [0.25, 0.3) is 5.69 Å². The van der Waals surface area contributed by atoms with Gasteiger partial charge in [-0.3, -0.25) is 10.1 Å². The first kappa shape index (κ1) is 21.1. The number of benzene rings is 2. The van der Waals surface area contributed by atoms with Gasteiger partial charge < -0.3 is 5.32 Å². The number of hydrogen-bond acceptors (Lipinski definition) is 5. The lowest BCUT2D eigenvalue weighted by Gasteiger charge is -2.21. The first-order valence-electron chi connectivity index (χ1n) is 8.24. The molecule has 2 N–H and O–H groups in total. The Morgan fingerprint density at radius 2 is 1.78 bits per heavy atom. The first-order chi connectivity index (χ1) is 12.4. The third-order valence-corrected chi connectivity index (χ3v) is 5.76. The van der Waals surface area contributed by atoms with Crippen LogP contribution >= 0.6 is 11.6 Å². The van der Waals surface area contributed by atoms with Crippen molar-refractivity contribution in [3.63, 3.8) is 0 Å². The molecule has 27 heavy (non-hydrogen) atoms. The fourth-order valence-electron chi connectivity index (χ4n) is 2.55. The second kappa shape index (κ2) is 7.84. The van der Waals surface area contributed by atoms with Crippen LogP contribution in [0.15, 0.2) is 47.4 Å². The minimum Gasteiger partial charge on any atom is -0.373 e. The highest BCUT2D eigenvalue weighted by atomic mass is 35.5. The fourth-order valence-corrected chi connectivity index (χ4v) is 4.29. The molecule has 1 atom stereocenters. The summed E-state index contributed by atoms with van der Waals surface area (Å²) >= 11 is 6.17. The van der Waals surface area contributed by atoms with Crippen LogP contribution in [0.25, 0.3) is 0 Å². The smallest absolute Gasteiger partial charge is 0.293 e. The molecular formula is C18H22ClN3O4S. The minimum absolute atomic E-state index is 0.167. The van der Waals surface area contributed by atoms with E-state index in [9.17, 15) is 18.5 Å². The molecule has 0 saturated heterocycles. The highest BCUT2D eigenvalue weighted by Crippen LogP contribution is 2.32. The Labute approximate surface area is 163 Å². The summed E-state index contributed by atoms with van der Waals surface area (Å²) in [7, 11) is -3.88. The Bertz CT molecular complexity index is 955. The molecule has 0 aliphatic carbocycles. The maximum absolute atomic E-state index is 12.5. The molecule has 0 radical (unpaired) electrons. The van der Waals surface area contributed by atoms with E-state index < -0.39 is 20.5 Å². The maximum Gasteiger partial charge on any atom is 0.293 e. The van der Waals surface area contributed by atoms with Crippen LogP contribution in [0.1, 0.15) is 39.3 Å². The van der Waals surface area contributed by atoms with Crippen molar-refractivity contribution in [2.45, 2.75) is 44.2 Å². The van der Waals surface area contributed by atoms with Crippen molar-refractivity contribution in [1.82, 2.24) is 4.72 Å². The lowest BCUT2D eigenvalue weighted by atomic mass is 10.1. The summed E-state index contributed by atoms with van der Waals surface area (Å²) in [6.07, 6.45) is 0. The topological polar surface area (TPSA) is 101 Å². The Morgan fingerprint density at radius 1 is 1.15 bits per heavy atom. The standard InChI is InChI=1S/C18H22ClN3O4S/c1-12(14-7-5-6-8-15(14)19)20-16-10-9-13(11-17(16)22(23)24)27(25,26)21-18(2,3)4/h5-12,20-21H,1-4H3/t12-/m1/s1. The van der Waals surface area contributed by atoms with Crippen LogP contribution in [0.3, 0.4) is 0 Å². The summed E-state index contributed by atoms with van der Waals surface area (Å²) in [6, 6.07) is 10.6. The number of nitro benzene ring substituents is 1. The van der Waals surface area contributed by atoms with E-state index in [4.69, 9.17) is 11.6 Å². The molecule has 0 heterocycles. The second-order valence-electron chi connectivity index (χ2n) is 7.18. The van der Waals surface area contributed by atoms with Gasteiger partial charge in [-0.2, -0.15) is 0 Å². The molecule has 2 aromatic rings. The van der Waals surface area contributed by atoms with E-state index in [0.29, 0.717) is 5.02 Å². The molecule has 0 aliphatic heterocycles. The van der Waals surface area contributed by atoms with Crippen molar-refractivity contribution in [3.8, 4) is 0 Å². The van der Waals surface area contributed by atoms with E-state index in [1.807, 2.05) is 19.1 Å². The van der Waals surface area contributed by atoms with Crippen molar-refractivity contribution >= 4 is 33.0 Å². The summed E-state index contributed by atoms with van der Waals surface area (Å²) < 4.78 is 27.4. The Balaban J connectivity index is 2.39. The molecule has 0 bridgehead atoms. The van der Waals surface area contributed by atoms with Crippen LogP contribution in [0.4, 0.5) is 11.4 Å². The Hall–Kier alpha value is -2.16. The van der Waals surface area contributed by atoms with Gasteiger partial charge in [-0.15, -0.1) is 0 Å². The number of nitro groups is 1. The molecule has 0 saturated carbocycles. The van der Waals surface area contributed by atoms with Crippen molar-refractivity contribution in [3.05, 3.63) is 63.2 Å². The highest BCUT2D eigenvalue weighted by molar-refractivity contribution is 7.89. The summed E-state index contributed by atoms with van der Waals surface area (Å²) in [5.41, 5.74) is -0.0456. The predicted molar refractivity (Wildman–Crippen MR) is 107 cm³/mol. The zero-order valence-corrected chi connectivity index (χ0v) is 17.1. The monoisotopic (exact) mass is 411 g/mol. The lowest BCUT2D eigenvalue weighted by molar-refractivity contribution is -0.384. The van der Waals surface area contributed by atoms with Gasteiger partial charge in [0.15, 0.2) is 0 Å². The van der Waals surface area contributed by atoms with E-state index in [0.717, 1.165) is 11.6 Å². The Morgan fingerprint density at radius 3 is 2.33 bits per heavy atom. The zero-order valence-electron chi connectivity index (χ0n) is 15.5. The van der Waals surface area contributed by atoms with E-state index in [1.54, 1.807) is 32.9 Å². The van der Waals surface area contributed by atoms with Crippen molar-refractivity contribution in [2.24, 2.45) is 0 Å².